The molecule has 2 aromatic rings. The highest BCUT2D eigenvalue weighted by atomic mass is 16.7. The fourth-order valence-corrected chi connectivity index (χ4v) is 3.09. The van der Waals surface area contributed by atoms with Crippen molar-refractivity contribution in [1.82, 2.24) is 0 Å². The Balaban J connectivity index is 2.70. The van der Waals surface area contributed by atoms with Crippen molar-refractivity contribution in [3.8, 4) is 0 Å². The maximum absolute atomic E-state index is 13.5. The molecule has 25 heavy (non-hydrogen) atoms. The van der Waals surface area contributed by atoms with E-state index in [9.17, 15) is 9.59 Å². The van der Waals surface area contributed by atoms with Gasteiger partial charge in [-0.2, -0.15) is 0 Å². The molecule has 0 radical (unpaired) electrons. The number of benzene rings is 2. The molecule has 0 fully saturated rings. The number of rotatable bonds is 9. The van der Waals surface area contributed by atoms with Gasteiger partial charge >= 0.3 is 0 Å². The highest BCUT2D eigenvalue weighted by molar-refractivity contribution is 6.16. The van der Waals surface area contributed by atoms with Gasteiger partial charge in [0.05, 0.1) is 0 Å². The van der Waals surface area contributed by atoms with E-state index >= 15 is 0 Å². The summed E-state index contributed by atoms with van der Waals surface area (Å²) in [5, 5.41) is 0. The fourth-order valence-electron chi connectivity index (χ4n) is 3.09. The summed E-state index contributed by atoms with van der Waals surface area (Å²) in [5.41, 5.74) is -0.233. The van der Waals surface area contributed by atoms with E-state index in [0.29, 0.717) is 24.3 Å². The molecule has 0 aliphatic heterocycles. The third-order valence-electron chi connectivity index (χ3n) is 4.16. The van der Waals surface area contributed by atoms with Crippen molar-refractivity contribution in [2.75, 3.05) is 13.2 Å². The van der Waals surface area contributed by atoms with E-state index < -0.39 is 17.5 Å². The van der Waals surface area contributed by atoms with E-state index in [4.69, 9.17) is 9.47 Å². The van der Waals surface area contributed by atoms with Gasteiger partial charge in [0.25, 0.3) is 0 Å². The predicted molar refractivity (Wildman–Crippen MR) is 96.4 cm³/mol. The summed E-state index contributed by atoms with van der Waals surface area (Å²) in [7, 11) is 0. The van der Waals surface area contributed by atoms with Crippen LogP contribution in [0.2, 0.25) is 0 Å². The summed E-state index contributed by atoms with van der Waals surface area (Å²) >= 11 is 0. The Hall–Kier alpha value is -2.30. The van der Waals surface area contributed by atoms with Crippen molar-refractivity contribution in [1.29, 1.82) is 0 Å². The summed E-state index contributed by atoms with van der Waals surface area (Å²) in [5.74, 6) is -0.666. The second-order valence-electron chi connectivity index (χ2n) is 5.65. The van der Waals surface area contributed by atoms with Gasteiger partial charge in [-0.3, -0.25) is 9.59 Å². The van der Waals surface area contributed by atoms with Gasteiger partial charge < -0.3 is 9.47 Å². The Kier molecular flexibility index (Phi) is 6.62. The normalized spacial score (nSPS) is 11.5. The van der Waals surface area contributed by atoms with E-state index in [1.807, 2.05) is 36.4 Å². The van der Waals surface area contributed by atoms with Crippen LogP contribution in [0.25, 0.3) is 0 Å². The van der Waals surface area contributed by atoms with Crippen LogP contribution in [-0.2, 0) is 24.5 Å². The summed E-state index contributed by atoms with van der Waals surface area (Å²) in [6.07, 6.45) is -1.10. The average Bonchev–Trinajstić information content (AvgIpc) is 2.63. The van der Waals surface area contributed by atoms with E-state index in [1.54, 1.807) is 38.1 Å². The smallest absolute Gasteiger partial charge is 0.219 e. The molecule has 132 valence electrons. The lowest BCUT2D eigenvalue weighted by Gasteiger charge is -2.33. The predicted octanol–water partition coefficient (Wildman–Crippen LogP) is 3.53. The fraction of sp³-hybridized carbons (Fsp3) is 0.333. The Morgan fingerprint density at radius 3 is 1.56 bits per heavy atom. The van der Waals surface area contributed by atoms with Crippen molar-refractivity contribution in [2.45, 2.75) is 32.5 Å². The molecule has 0 aromatic heterocycles. The number of ketones is 2. The Morgan fingerprint density at radius 1 is 0.840 bits per heavy atom. The van der Waals surface area contributed by atoms with Gasteiger partial charge in [-0.1, -0.05) is 60.7 Å². The van der Waals surface area contributed by atoms with E-state index in [-0.39, 0.29) is 5.78 Å². The van der Waals surface area contributed by atoms with E-state index in [0.717, 1.165) is 0 Å². The van der Waals surface area contributed by atoms with Gasteiger partial charge in [0, 0.05) is 13.2 Å². The van der Waals surface area contributed by atoms with Crippen LogP contribution in [0.3, 0.4) is 0 Å². The Labute approximate surface area is 148 Å². The molecule has 0 aliphatic rings. The topological polar surface area (TPSA) is 52.6 Å². The Morgan fingerprint density at radius 2 is 1.24 bits per heavy atom. The van der Waals surface area contributed by atoms with Gasteiger partial charge in [0.15, 0.2) is 5.78 Å². The highest BCUT2D eigenvalue weighted by Crippen LogP contribution is 2.36. The van der Waals surface area contributed by atoms with Crippen molar-refractivity contribution >= 4 is 11.6 Å². The zero-order valence-electron chi connectivity index (χ0n) is 14.9. The van der Waals surface area contributed by atoms with Crippen LogP contribution >= 0.6 is 0 Å². The molecule has 0 atom stereocenters. The van der Waals surface area contributed by atoms with E-state index in [2.05, 4.69) is 0 Å². The summed E-state index contributed by atoms with van der Waals surface area (Å²) < 4.78 is 11.0. The van der Waals surface area contributed by atoms with Gasteiger partial charge in [-0.15, -0.1) is 0 Å². The third-order valence-corrected chi connectivity index (χ3v) is 4.16. The van der Waals surface area contributed by atoms with Crippen LogP contribution in [0.5, 0.6) is 0 Å². The van der Waals surface area contributed by atoms with Gasteiger partial charge in [0.1, 0.15) is 5.41 Å². The van der Waals surface area contributed by atoms with Gasteiger partial charge in [-0.05, 0) is 31.9 Å². The van der Waals surface area contributed by atoms with Crippen LogP contribution in [0.4, 0.5) is 0 Å². The minimum absolute atomic E-state index is 0.265. The number of hydrogen-bond donors (Lipinski definition) is 0. The highest BCUT2D eigenvalue weighted by Gasteiger charge is 2.49. The number of hydrogen-bond acceptors (Lipinski definition) is 4. The minimum Gasteiger partial charge on any atom is -0.346 e. The number of carbonyl (C=O) groups excluding carboxylic acids is 2. The van der Waals surface area contributed by atoms with Gasteiger partial charge in [0.2, 0.25) is 12.1 Å². The quantitative estimate of drug-likeness (QED) is 0.518. The molecular weight excluding hydrogens is 316 g/mol. The lowest BCUT2D eigenvalue weighted by atomic mass is 9.68. The van der Waals surface area contributed by atoms with Crippen LogP contribution in [0.15, 0.2) is 60.7 Å². The molecule has 0 unspecified atom stereocenters. The average molecular weight is 340 g/mol. The molecule has 4 heteroatoms. The molecule has 4 nitrogen and oxygen atoms in total. The number of Topliss-reactive ketones (excluding diaryl/α,β-unsaturated/α-hetero) is 2. The largest absolute Gasteiger partial charge is 0.346 e. The van der Waals surface area contributed by atoms with Crippen LogP contribution in [0.1, 0.15) is 31.9 Å². The minimum atomic E-state index is -1.46. The van der Waals surface area contributed by atoms with Crippen molar-refractivity contribution < 1.29 is 19.1 Å². The standard InChI is InChI=1S/C21H24O4/c1-4-24-20(25-5-2)19(23)21(16(3)22,17-12-8-6-9-13-17)18-14-10-7-11-15-18/h6-15,20H,4-5H2,1-3H3. The Bertz CT molecular complexity index is 649. The SMILES string of the molecule is CCOC(OCC)C(=O)C(C(C)=O)(c1ccccc1)c1ccccc1. The summed E-state index contributed by atoms with van der Waals surface area (Å²) in [4.78, 5) is 26.4. The molecule has 0 heterocycles. The zero-order valence-corrected chi connectivity index (χ0v) is 14.9. The van der Waals surface area contributed by atoms with Crippen molar-refractivity contribution in [3.63, 3.8) is 0 Å². The maximum Gasteiger partial charge on any atom is 0.219 e. The first-order chi connectivity index (χ1) is 12.1. The van der Waals surface area contributed by atoms with Crippen LogP contribution in [0, 0.1) is 0 Å². The van der Waals surface area contributed by atoms with Crippen LogP contribution < -0.4 is 0 Å². The summed E-state index contributed by atoms with van der Waals surface area (Å²) in [6.45, 7) is 5.65. The molecule has 2 aromatic carbocycles. The lowest BCUT2D eigenvalue weighted by molar-refractivity contribution is -0.173. The molecule has 0 N–H and O–H groups in total. The number of ether oxygens (including phenoxy) is 2. The molecule has 0 saturated heterocycles. The first kappa shape index (κ1) is 19.0. The molecular formula is C21H24O4. The second-order valence-corrected chi connectivity index (χ2v) is 5.65. The maximum atomic E-state index is 13.5. The first-order valence-corrected chi connectivity index (χ1v) is 8.48. The van der Waals surface area contributed by atoms with Crippen LogP contribution in [-0.4, -0.2) is 31.1 Å². The second kappa shape index (κ2) is 8.70. The van der Waals surface area contributed by atoms with Crippen molar-refractivity contribution in [2.24, 2.45) is 0 Å². The summed E-state index contributed by atoms with van der Waals surface area (Å²) in [6, 6.07) is 18.2. The lowest BCUT2D eigenvalue weighted by Crippen LogP contribution is -2.50. The van der Waals surface area contributed by atoms with E-state index in [1.165, 1.54) is 6.92 Å². The molecule has 0 aliphatic carbocycles. The molecule has 2 rings (SSSR count). The zero-order chi connectivity index (χ0) is 18.3. The molecule has 0 saturated carbocycles. The van der Waals surface area contributed by atoms with Gasteiger partial charge in [-0.25, -0.2) is 0 Å². The molecule has 0 bridgehead atoms. The monoisotopic (exact) mass is 340 g/mol. The molecule has 0 amide bonds. The first-order valence-electron chi connectivity index (χ1n) is 8.48. The third kappa shape index (κ3) is 3.70. The number of carbonyl (C=O) groups is 2. The van der Waals surface area contributed by atoms with Crippen molar-refractivity contribution in [3.05, 3.63) is 71.8 Å². The molecule has 0 spiro atoms.